The molecule has 1 N–H and O–H groups in total. The highest BCUT2D eigenvalue weighted by Crippen LogP contribution is 2.37. The van der Waals surface area contributed by atoms with E-state index in [4.69, 9.17) is 8.83 Å². The lowest BCUT2D eigenvalue weighted by Crippen LogP contribution is -3.06. The third-order valence-electron chi connectivity index (χ3n) is 4.54. The van der Waals surface area contributed by atoms with Crippen molar-refractivity contribution in [2.45, 2.75) is 6.04 Å². The van der Waals surface area contributed by atoms with Crippen molar-refractivity contribution in [1.29, 1.82) is 0 Å². The van der Waals surface area contributed by atoms with Gasteiger partial charge in [-0.05, 0) is 24.3 Å². The Hall–Kier alpha value is -2.86. The number of para-hydroxylation sites is 1. The molecule has 6 nitrogen and oxygen atoms in total. The van der Waals surface area contributed by atoms with Gasteiger partial charge in [0.05, 0.1) is 44.4 Å². The van der Waals surface area contributed by atoms with Gasteiger partial charge >= 0.3 is 0 Å². The highest BCUT2D eigenvalue weighted by atomic mass is 16.4. The summed E-state index contributed by atoms with van der Waals surface area (Å²) < 4.78 is 11.4. The smallest absolute Gasteiger partial charge is 0.291 e. The highest BCUT2D eigenvalue weighted by molar-refractivity contribution is 5.98. The number of benzene rings is 1. The van der Waals surface area contributed by atoms with Crippen molar-refractivity contribution in [2.75, 3.05) is 27.2 Å². The lowest BCUT2D eigenvalue weighted by Gasteiger charge is -2.23. The van der Waals surface area contributed by atoms with Crippen LogP contribution in [-0.2, 0) is 0 Å². The summed E-state index contributed by atoms with van der Waals surface area (Å²) in [6, 6.07) is 10.0. The van der Waals surface area contributed by atoms with Gasteiger partial charge in [0, 0.05) is 0 Å². The fourth-order valence-corrected chi connectivity index (χ4v) is 3.28. The van der Waals surface area contributed by atoms with Gasteiger partial charge in [-0.1, -0.05) is 12.1 Å². The van der Waals surface area contributed by atoms with E-state index in [1.165, 1.54) is 4.90 Å². The molecule has 1 aromatic carbocycles. The molecule has 1 amide bonds. The SMILES string of the molecule is C[NH+](C)CCN1C(=O)c2oc3ccccc3c(=O)c2[C@@H]1c1ccco1. The summed E-state index contributed by atoms with van der Waals surface area (Å²) in [5.74, 6) is 0.433. The Labute approximate surface area is 144 Å². The van der Waals surface area contributed by atoms with Crippen molar-refractivity contribution in [1.82, 2.24) is 4.90 Å². The van der Waals surface area contributed by atoms with Gasteiger partial charge in [-0.2, -0.15) is 0 Å². The lowest BCUT2D eigenvalue weighted by molar-refractivity contribution is -0.857. The molecule has 1 aliphatic heterocycles. The second-order valence-electron chi connectivity index (χ2n) is 6.54. The Morgan fingerprint density at radius 2 is 1.92 bits per heavy atom. The van der Waals surface area contributed by atoms with E-state index >= 15 is 0 Å². The van der Waals surface area contributed by atoms with E-state index in [1.807, 2.05) is 14.1 Å². The first kappa shape index (κ1) is 15.7. The third-order valence-corrected chi connectivity index (χ3v) is 4.54. The van der Waals surface area contributed by atoms with Crippen LogP contribution < -0.4 is 10.3 Å². The Morgan fingerprint density at radius 1 is 1.12 bits per heavy atom. The zero-order valence-corrected chi connectivity index (χ0v) is 14.1. The molecule has 2 aromatic heterocycles. The largest absolute Gasteiger partial charge is 0.467 e. The van der Waals surface area contributed by atoms with Gasteiger partial charge in [0.2, 0.25) is 5.76 Å². The van der Waals surface area contributed by atoms with Crippen LogP contribution in [0.5, 0.6) is 0 Å². The molecule has 128 valence electrons. The minimum Gasteiger partial charge on any atom is -0.467 e. The van der Waals surface area contributed by atoms with E-state index < -0.39 is 6.04 Å². The summed E-state index contributed by atoms with van der Waals surface area (Å²) in [7, 11) is 4.04. The number of furan rings is 1. The fraction of sp³-hybridized carbons (Fsp3) is 0.263. The minimum atomic E-state index is -0.544. The molecular formula is C19H19N2O4+. The minimum absolute atomic E-state index is 0.124. The zero-order chi connectivity index (χ0) is 17.6. The number of likely N-dealkylation sites (N-methyl/N-ethyl adjacent to an activating group) is 1. The fourth-order valence-electron chi connectivity index (χ4n) is 3.28. The lowest BCUT2D eigenvalue weighted by atomic mass is 10.0. The summed E-state index contributed by atoms with van der Waals surface area (Å²) in [6.07, 6.45) is 1.55. The predicted molar refractivity (Wildman–Crippen MR) is 91.7 cm³/mol. The molecule has 0 unspecified atom stereocenters. The number of carbonyl (C=O) groups is 1. The quantitative estimate of drug-likeness (QED) is 0.772. The summed E-state index contributed by atoms with van der Waals surface area (Å²) in [4.78, 5) is 28.9. The molecule has 3 aromatic rings. The number of carbonyl (C=O) groups excluding carboxylic acids is 1. The third kappa shape index (κ3) is 2.46. The number of nitrogens with one attached hydrogen (secondary N) is 1. The normalized spacial score (nSPS) is 16.8. The van der Waals surface area contributed by atoms with Crippen LogP contribution in [0.1, 0.15) is 27.9 Å². The molecule has 0 saturated carbocycles. The van der Waals surface area contributed by atoms with Gasteiger partial charge in [0.1, 0.15) is 17.4 Å². The van der Waals surface area contributed by atoms with Crippen LogP contribution in [0.15, 0.2) is 56.3 Å². The first-order valence-electron chi connectivity index (χ1n) is 8.27. The van der Waals surface area contributed by atoms with Gasteiger partial charge in [-0.3, -0.25) is 9.59 Å². The van der Waals surface area contributed by atoms with Gasteiger partial charge in [-0.15, -0.1) is 0 Å². The standard InChI is InChI=1S/C19H18N2O4/c1-20(2)9-10-21-16(14-8-5-11-24-14)15-17(22)12-6-3-4-7-13(12)25-18(15)19(21)23/h3-8,11,16H,9-10H2,1-2H3/p+1/t16-/m0/s1. The van der Waals surface area contributed by atoms with Crippen LogP contribution in [0.4, 0.5) is 0 Å². The van der Waals surface area contributed by atoms with Crippen molar-refractivity contribution in [3.05, 3.63) is 70.0 Å². The summed E-state index contributed by atoms with van der Waals surface area (Å²) in [5.41, 5.74) is 0.622. The molecule has 0 aliphatic carbocycles. The second-order valence-corrected chi connectivity index (χ2v) is 6.54. The Balaban J connectivity index is 1.92. The second kappa shape index (κ2) is 5.89. The number of quaternary nitrogens is 1. The van der Waals surface area contributed by atoms with E-state index in [0.717, 1.165) is 6.54 Å². The maximum Gasteiger partial charge on any atom is 0.291 e. The van der Waals surface area contributed by atoms with Crippen LogP contribution in [-0.4, -0.2) is 38.0 Å². The number of rotatable bonds is 4. The molecule has 25 heavy (non-hydrogen) atoms. The molecule has 0 spiro atoms. The van der Waals surface area contributed by atoms with Crippen molar-refractivity contribution in [3.8, 4) is 0 Å². The number of amides is 1. The van der Waals surface area contributed by atoms with E-state index in [2.05, 4.69) is 0 Å². The molecular weight excluding hydrogens is 320 g/mol. The van der Waals surface area contributed by atoms with E-state index in [0.29, 0.717) is 28.8 Å². The summed E-state index contributed by atoms with van der Waals surface area (Å²) >= 11 is 0. The molecule has 0 saturated heterocycles. The van der Waals surface area contributed by atoms with Crippen molar-refractivity contribution in [3.63, 3.8) is 0 Å². The Kier molecular flexibility index (Phi) is 3.69. The molecule has 4 rings (SSSR count). The molecule has 0 bridgehead atoms. The average Bonchev–Trinajstić information content (AvgIpc) is 3.21. The van der Waals surface area contributed by atoms with Crippen molar-refractivity contribution < 1.29 is 18.5 Å². The average molecular weight is 339 g/mol. The topological polar surface area (TPSA) is 68.1 Å². The maximum absolute atomic E-state index is 13.1. The monoisotopic (exact) mass is 339 g/mol. The zero-order valence-electron chi connectivity index (χ0n) is 14.1. The number of hydrogen-bond acceptors (Lipinski definition) is 4. The number of fused-ring (bicyclic) bond motifs is 2. The van der Waals surface area contributed by atoms with Crippen molar-refractivity contribution >= 4 is 16.9 Å². The van der Waals surface area contributed by atoms with Crippen molar-refractivity contribution in [2.24, 2.45) is 0 Å². The van der Waals surface area contributed by atoms with Crippen LogP contribution >= 0.6 is 0 Å². The van der Waals surface area contributed by atoms with Crippen LogP contribution in [0, 0.1) is 0 Å². The Bertz CT molecular complexity index is 988. The number of hydrogen-bond donors (Lipinski definition) is 1. The first-order chi connectivity index (χ1) is 12.1. The van der Waals surface area contributed by atoms with Gasteiger partial charge in [0.15, 0.2) is 5.43 Å². The highest BCUT2D eigenvalue weighted by Gasteiger charge is 2.44. The molecule has 1 aliphatic rings. The summed E-state index contributed by atoms with van der Waals surface area (Å²) in [6.45, 7) is 1.26. The number of nitrogens with zero attached hydrogens (tertiary/aromatic N) is 1. The van der Waals surface area contributed by atoms with E-state index in [9.17, 15) is 9.59 Å². The summed E-state index contributed by atoms with van der Waals surface area (Å²) in [5, 5.41) is 0.477. The van der Waals surface area contributed by atoms with Crippen LogP contribution in [0.25, 0.3) is 11.0 Å². The molecule has 6 heteroatoms. The van der Waals surface area contributed by atoms with Gasteiger partial charge < -0.3 is 18.6 Å². The van der Waals surface area contributed by atoms with Crippen LogP contribution in [0.3, 0.4) is 0 Å². The van der Waals surface area contributed by atoms with Crippen LogP contribution in [0.2, 0.25) is 0 Å². The molecule has 1 atom stereocenters. The molecule has 3 heterocycles. The predicted octanol–water partition coefficient (Wildman–Crippen LogP) is 1.08. The maximum atomic E-state index is 13.1. The van der Waals surface area contributed by atoms with Gasteiger partial charge in [0.25, 0.3) is 5.91 Å². The first-order valence-corrected chi connectivity index (χ1v) is 8.27. The van der Waals surface area contributed by atoms with Gasteiger partial charge in [-0.25, -0.2) is 0 Å². The van der Waals surface area contributed by atoms with E-state index in [1.54, 1.807) is 47.6 Å². The molecule has 0 fully saturated rings. The Morgan fingerprint density at radius 3 is 2.64 bits per heavy atom. The van der Waals surface area contributed by atoms with E-state index in [-0.39, 0.29) is 17.1 Å². The molecule has 0 radical (unpaired) electrons.